The van der Waals surface area contributed by atoms with Crippen LogP contribution < -0.4 is 5.32 Å². The quantitative estimate of drug-likeness (QED) is 0.784. The molecule has 88 valence electrons. The molecule has 1 aliphatic heterocycles. The SMILES string of the molecule is CCOC(=O)C1CC12C(=O)Nc1ccccc12. The summed E-state index contributed by atoms with van der Waals surface area (Å²) in [4.78, 5) is 23.7. The first kappa shape index (κ1) is 10.3. The summed E-state index contributed by atoms with van der Waals surface area (Å²) in [5, 5.41) is 2.83. The first-order chi connectivity index (χ1) is 8.20. The van der Waals surface area contributed by atoms with E-state index in [1.54, 1.807) is 6.92 Å². The summed E-state index contributed by atoms with van der Waals surface area (Å²) in [5.74, 6) is -0.651. The van der Waals surface area contributed by atoms with Crippen LogP contribution in [0.25, 0.3) is 0 Å². The second-order valence-electron chi connectivity index (χ2n) is 4.48. The van der Waals surface area contributed by atoms with E-state index >= 15 is 0 Å². The molecule has 2 unspecified atom stereocenters. The van der Waals surface area contributed by atoms with E-state index in [1.165, 1.54) is 0 Å². The highest BCUT2D eigenvalue weighted by Gasteiger charge is 2.68. The van der Waals surface area contributed by atoms with E-state index in [0.29, 0.717) is 13.0 Å². The average Bonchev–Trinajstić information content (AvgIpc) is 3.00. The number of carbonyl (C=O) groups is 2. The fourth-order valence-corrected chi connectivity index (χ4v) is 2.68. The fourth-order valence-electron chi connectivity index (χ4n) is 2.68. The van der Waals surface area contributed by atoms with Crippen LogP contribution in [0.1, 0.15) is 18.9 Å². The Morgan fingerprint density at radius 1 is 1.53 bits per heavy atom. The molecule has 0 saturated heterocycles. The summed E-state index contributed by atoms with van der Waals surface area (Å²) in [6.45, 7) is 2.13. The Kier molecular flexibility index (Phi) is 2.02. The van der Waals surface area contributed by atoms with E-state index in [9.17, 15) is 9.59 Å². The van der Waals surface area contributed by atoms with Gasteiger partial charge in [-0.05, 0) is 25.0 Å². The van der Waals surface area contributed by atoms with Gasteiger partial charge in [0.2, 0.25) is 5.91 Å². The van der Waals surface area contributed by atoms with Gasteiger partial charge in [0, 0.05) is 5.69 Å². The lowest BCUT2D eigenvalue weighted by Crippen LogP contribution is -2.25. The largest absolute Gasteiger partial charge is 0.466 e. The summed E-state index contributed by atoms with van der Waals surface area (Å²) >= 11 is 0. The number of amides is 1. The zero-order valence-electron chi connectivity index (χ0n) is 9.53. The Bertz CT molecular complexity index is 511. The molecule has 17 heavy (non-hydrogen) atoms. The molecule has 2 aliphatic rings. The predicted molar refractivity (Wildman–Crippen MR) is 61.5 cm³/mol. The monoisotopic (exact) mass is 231 g/mol. The van der Waals surface area contributed by atoms with Crippen LogP contribution in [0.2, 0.25) is 0 Å². The highest BCUT2D eigenvalue weighted by molar-refractivity contribution is 6.12. The Hall–Kier alpha value is -1.84. The minimum atomic E-state index is -0.650. The molecule has 4 heteroatoms. The third-order valence-corrected chi connectivity index (χ3v) is 3.59. The lowest BCUT2D eigenvalue weighted by atomic mass is 9.95. The van der Waals surface area contributed by atoms with E-state index in [1.807, 2.05) is 24.3 Å². The van der Waals surface area contributed by atoms with Crippen molar-refractivity contribution in [3.8, 4) is 0 Å². The number of nitrogens with one attached hydrogen (secondary N) is 1. The first-order valence-corrected chi connectivity index (χ1v) is 5.77. The Morgan fingerprint density at radius 3 is 3.06 bits per heavy atom. The second-order valence-corrected chi connectivity index (χ2v) is 4.48. The standard InChI is InChI=1S/C13H13NO3/c1-2-17-11(15)9-7-13(9)8-5-3-4-6-10(8)14-12(13)16/h3-6,9H,2,7H2,1H3,(H,14,16). The van der Waals surface area contributed by atoms with Crippen molar-refractivity contribution in [1.82, 2.24) is 0 Å². The minimum absolute atomic E-state index is 0.0725. The molecule has 1 amide bonds. The van der Waals surface area contributed by atoms with Crippen molar-refractivity contribution in [3.63, 3.8) is 0 Å². The Labute approximate surface area is 99.0 Å². The van der Waals surface area contributed by atoms with Crippen LogP contribution in [-0.4, -0.2) is 18.5 Å². The van der Waals surface area contributed by atoms with Crippen molar-refractivity contribution in [1.29, 1.82) is 0 Å². The number of benzene rings is 1. The van der Waals surface area contributed by atoms with Gasteiger partial charge in [0.05, 0.1) is 17.9 Å². The van der Waals surface area contributed by atoms with Gasteiger partial charge in [-0.1, -0.05) is 18.2 Å². The van der Waals surface area contributed by atoms with Gasteiger partial charge in [-0.15, -0.1) is 0 Å². The number of hydrogen-bond donors (Lipinski definition) is 1. The molecule has 1 heterocycles. The van der Waals surface area contributed by atoms with E-state index < -0.39 is 5.41 Å². The van der Waals surface area contributed by atoms with Gasteiger partial charge in [-0.3, -0.25) is 9.59 Å². The van der Waals surface area contributed by atoms with Crippen molar-refractivity contribution in [2.45, 2.75) is 18.8 Å². The molecule has 1 aromatic carbocycles. The van der Waals surface area contributed by atoms with E-state index in [4.69, 9.17) is 4.74 Å². The first-order valence-electron chi connectivity index (χ1n) is 5.77. The van der Waals surface area contributed by atoms with Crippen LogP contribution in [0.15, 0.2) is 24.3 Å². The Balaban J connectivity index is 1.96. The van der Waals surface area contributed by atoms with Crippen molar-refractivity contribution in [3.05, 3.63) is 29.8 Å². The summed E-state index contributed by atoms with van der Waals surface area (Å²) in [6.07, 6.45) is 0.564. The van der Waals surface area contributed by atoms with E-state index in [-0.39, 0.29) is 17.8 Å². The van der Waals surface area contributed by atoms with Crippen LogP contribution in [0.5, 0.6) is 0 Å². The van der Waals surface area contributed by atoms with Crippen LogP contribution in [-0.2, 0) is 19.7 Å². The van der Waals surface area contributed by atoms with Crippen molar-refractivity contribution >= 4 is 17.6 Å². The fraction of sp³-hybridized carbons (Fsp3) is 0.385. The number of carbonyl (C=O) groups excluding carboxylic acids is 2. The summed E-state index contributed by atoms with van der Waals surface area (Å²) < 4.78 is 5.00. The molecule has 1 N–H and O–H groups in total. The van der Waals surface area contributed by atoms with Crippen molar-refractivity contribution in [2.24, 2.45) is 5.92 Å². The molecule has 1 saturated carbocycles. The molecule has 0 radical (unpaired) electrons. The normalized spacial score (nSPS) is 28.8. The molecule has 0 bridgehead atoms. The van der Waals surface area contributed by atoms with E-state index in [2.05, 4.69) is 5.32 Å². The van der Waals surface area contributed by atoms with Crippen LogP contribution in [0.3, 0.4) is 0 Å². The van der Waals surface area contributed by atoms with Crippen LogP contribution in [0.4, 0.5) is 5.69 Å². The molecule has 1 aromatic rings. The maximum absolute atomic E-state index is 12.0. The molecular formula is C13H13NO3. The molecule has 1 aliphatic carbocycles. The summed E-state index contributed by atoms with van der Waals surface area (Å²) in [5.41, 5.74) is 1.11. The minimum Gasteiger partial charge on any atom is -0.466 e. The Morgan fingerprint density at radius 2 is 2.29 bits per heavy atom. The number of hydrogen-bond acceptors (Lipinski definition) is 3. The molecule has 1 fully saturated rings. The van der Waals surface area contributed by atoms with Gasteiger partial charge in [0.15, 0.2) is 0 Å². The summed E-state index contributed by atoms with van der Waals surface area (Å²) in [7, 11) is 0. The number of anilines is 1. The zero-order chi connectivity index (χ0) is 12.0. The van der Waals surface area contributed by atoms with E-state index in [0.717, 1.165) is 11.3 Å². The summed E-state index contributed by atoms with van der Waals surface area (Å²) in [6, 6.07) is 7.54. The van der Waals surface area contributed by atoms with Gasteiger partial charge >= 0.3 is 5.97 Å². The molecule has 4 nitrogen and oxygen atoms in total. The highest BCUT2D eigenvalue weighted by Crippen LogP contribution is 2.60. The number of ether oxygens (including phenoxy) is 1. The van der Waals surface area contributed by atoms with Gasteiger partial charge in [0.1, 0.15) is 0 Å². The van der Waals surface area contributed by atoms with Gasteiger partial charge in [-0.2, -0.15) is 0 Å². The third-order valence-electron chi connectivity index (χ3n) is 3.59. The molecule has 0 aromatic heterocycles. The second kappa shape index (κ2) is 3.32. The maximum atomic E-state index is 12.0. The van der Waals surface area contributed by atoms with Gasteiger partial charge < -0.3 is 10.1 Å². The van der Waals surface area contributed by atoms with Crippen LogP contribution in [0, 0.1) is 5.92 Å². The molecule has 3 rings (SSSR count). The van der Waals surface area contributed by atoms with Crippen LogP contribution >= 0.6 is 0 Å². The van der Waals surface area contributed by atoms with Crippen molar-refractivity contribution < 1.29 is 14.3 Å². The van der Waals surface area contributed by atoms with Crippen molar-refractivity contribution in [2.75, 3.05) is 11.9 Å². The number of rotatable bonds is 2. The lowest BCUT2D eigenvalue weighted by Gasteiger charge is -2.07. The van der Waals surface area contributed by atoms with Gasteiger partial charge in [0.25, 0.3) is 0 Å². The topological polar surface area (TPSA) is 55.4 Å². The maximum Gasteiger partial charge on any atom is 0.310 e. The average molecular weight is 231 g/mol. The third kappa shape index (κ3) is 1.24. The molecule has 1 spiro atoms. The number of esters is 1. The lowest BCUT2D eigenvalue weighted by molar-refractivity contribution is -0.146. The molecule has 2 atom stereocenters. The predicted octanol–water partition coefficient (Wildman–Crippen LogP) is 1.46. The molecular weight excluding hydrogens is 218 g/mol. The zero-order valence-corrected chi connectivity index (χ0v) is 9.53. The number of fused-ring (bicyclic) bond motifs is 2. The smallest absolute Gasteiger partial charge is 0.310 e. The van der Waals surface area contributed by atoms with Gasteiger partial charge in [-0.25, -0.2) is 0 Å². The highest BCUT2D eigenvalue weighted by atomic mass is 16.5. The number of para-hydroxylation sites is 1.